The van der Waals surface area contributed by atoms with E-state index in [0.717, 1.165) is 12.8 Å². The first-order valence-electron chi connectivity index (χ1n) is 2.91. The molecular formula is C6H12N2. The maximum Gasteiger partial charge on any atom is 0.0270 e. The minimum Gasteiger partial charge on any atom is -0.164 e. The Balaban J connectivity index is 3.07. The highest BCUT2D eigenvalue weighted by Crippen LogP contribution is 1.79. The van der Waals surface area contributed by atoms with Crippen LogP contribution in [0.3, 0.4) is 0 Å². The van der Waals surface area contributed by atoms with Gasteiger partial charge in [-0.1, -0.05) is 13.3 Å². The average molecular weight is 112 g/mol. The standard InChI is InChI=1S/C6H12N2/c1-3-5-6-8-7-4-2/h4,6H,3,5H2,1-2H3/b7-4?,8-6+. The minimum atomic E-state index is 1.03. The first-order chi connectivity index (χ1) is 3.91. The summed E-state index contributed by atoms with van der Waals surface area (Å²) < 4.78 is 0. The lowest BCUT2D eigenvalue weighted by Crippen LogP contribution is -1.69. The van der Waals surface area contributed by atoms with Crippen LogP contribution in [0.2, 0.25) is 0 Å². The fraction of sp³-hybridized carbons (Fsp3) is 0.667. The van der Waals surface area contributed by atoms with E-state index >= 15 is 0 Å². The third-order valence-corrected chi connectivity index (χ3v) is 0.682. The summed E-state index contributed by atoms with van der Waals surface area (Å²) in [5.74, 6) is 0. The molecule has 2 nitrogen and oxygen atoms in total. The van der Waals surface area contributed by atoms with E-state index in [4.69, 9.17) is 0 Å². The number of nitrogens with zero attached hydrogens (tertiary/aromatic N) is 2. The van der Waals surface area contributed by atoms with Gasteiger partial charge in [0.25, 0.3) is 0 Å². The van der Waals surface area contributed by atoms with E-state index in [9.17, 15) is 0 Å². The maximum absolute atomic E-state index is 3.72. The van der Waals surface area contributed by atoms with E-state index in [0.29, 0.717) is 0 Å². The molecule has 8 heavy (non-hydrogen) atoms. The van der Waals surface area contributed by atoms with Gasteiger partial charge in [-0.3, -0.25) is 0 Å². The third-order valence-electron chi connectivity index (χ3n) is 0.682. The highest BCUT2D eigenvalue weighted by Gasteiger charge is 1.68. The Morgan fingerprint density at radius 2 is 2.12 bits per heavy atom. The molecule has 0 radical (unpaired) electrons. The fourth-order valence-corrected chi connectivity index (χ4v) is 0.301. The lowest BCUT2D eigenvalue weighted by atomic mass is 10.4. The van der Waals surface area contributed by atoms with Crippen molar-refractivity contribution in [2.45, 2.75) is 26.7 Å². The summed E-state index contributed by atoms with van der Waals surface area (Å²) in [5, 5.41) is 7.38. The maximum atomic E-state index is 3.72. The molecule has 0 rings (SSSR count). The molecule has 2 heteroatoms. The average Bonchev–Trinajstić information content (AvgIpc) is 1.81. The molecule has 46 valence electrons. The van der Waals surface area contributed by atoms with Crippen molar-refractivity contribution in [1.82, 2.24) is 0 Å². The van der Waals surface area contributed by atoms with Gasteiger partial charge in [0, 0.05) is 12.4 Å². The number of rotatable bonds is 3. The molecular weight excluding hydrogens is 100 g/mol. The molecule has 0 aliphatic heterocycles. The molecule has 0 fully saturated rings. The Bertz CT molecular complexity index is 84.5. The minimum absolute atomic E-state index is 1.03. The van der Waals surface area contributed by atoms with Crippen molar-refractivity contribution in [3.63, 3.8) is 0 Å². The van der Waals surface area contributed by atoms with Crippen LogP contribution in [-0.4, -0.2) is 12.4 Å². The van der Waals surface area contributed by atoms with Crippen molar-refractivity contribution in [3.05, 3.63) is 0 Å². The lowest BCUT2D eigenvalue weighted by Gasteiger charge is -1.77. The largest absolute Gasteiger partial charge is 0.164 e. The van der Waals surface area contributed by atoms with Crippen LogP contribution >= 0.6 is 0 Å². The summed E-state index contributed by atoms with van der Waals surface area (Å²) in [7, 11) is 0. The summed E-state index contributed by atoms with van der Waals surface area (Å²) in [6.45, 7) is 3.96. The van der Waals surface area contributed by atoms with Gasteiger partial charge in [-0.15, -0.1) is 0 Å². The first-order valence-corrected chi connectivity index (χ1v) is 2.91. The Morgan fingerprint density at radius 1 is 1.38 bits per heavy atom. The van der Waals surface area contributed by atoms with Crippen LogP contribution < -0.4 is 0 Å². The SMILES string of the molecule is CC=N/N=C/CCC. The van der Waals surface area contributed by atoms with Gasteiger partial charge in [0.05, 0.1) is 0 Å². The van der Waals surface area contributed by atoms with Gasteiger partial charge in [-0.2, -0.15) is 10.2 Å². The summed E-state index contributed by atoms with van der Waals surface area (Å²) in [4.78, 5) is 0. The predicted octanol–water partition coefficient (Wildman–Crippen LogP) is 1.86. The summed E-state index contributed by atoms with van der Waals surface area (Å²) in [5.41, 5.74) is 0. The molecule has 0 aromatic heterocycles. The zero-order valence-corrected chi connectivity index (χ0v) is 5.46. The van der Waals surface area contributed by atoms with Gasteiger partial charge in [0.15, 0.2) is 0 Å². The van der Waals surface area contributed by atoms with Crippen LogP contribution in [0.1, 0.15) is 26.7 Å². The van der Waals surface area contributed by atoms with Crippen molar-refractivity contribution in [2.24, 2.45) is 10.2 Å². The molecule has 0 aliphatic rings. The Kier molecular flexibility index (Phi) is 5.82. The van der Waals surface area contributed by atoms with Crippen molar-refractivity contribution < 1.29 is 0 Å². The van der Waals surface area contributed by atoms with Gasteiger partial charge in [0.1, 0.15) is 0 Å². The van der Waals surface area contributed by atoms with E-state index in [1.165, 1.54) is 0 Å². The molecule has 0 amide bonds. The normalized spacial score (nSPS) is 11.8. The predicted molar refractivity (Wildman–Crippen MR) is 37.6 cm³/mol. The quantitative estimate of drug-likeness (QED) is 0.393. The van der Waals surface area contributed by atoms with Crippen molar-refractivity contribution >= 4 is 12.4 Å². The van der Waals surface area contributed by atoms with Crippen molar-refractivity contribution in [3.8, 4) is 0 Å². The summed E-state index contributed by atoms with van der Waals surface area (Å²) >= 11 is 0. The zero-order chi connectivity index (χ0) is 6.24. The second-order valence-electron chi connectivity index (χ2n) is 1.46. The van der Waals surface area contributed by atoms with Gasteiger partial charge in [0.2, 0.25) is 0 Å². The molecule has 0 spiro atoms. The van der Waals surface area contributed by atoms with Gasteiger partial charge >= 0.3 is 0 Å². The van der Waals surface area contributed by atoms with Crippen LogP contribution in [0.15, 0.2) is 10.2 Å². The van der Waals surface area contributed by atoms with E-state index in [1.807, 2.05) is 13.1 Å². The molecule has 0 saturated heterocycles. The Hall–Kier alpha value is -0.660. The second kappa shape index (κ2) is 6.34. The highest BCUT2D eigenvalue weighted by atomic mass is 15.2. The molecule has 0 N–H and O–H groups in total. The molecule has 0 aromatic rings. The van der Waals surface area contributed by atoms with E-state index in [-0.39, 0.29) is 0 Å². The molecule has 0 atom stereocenters. The van der Waals surface area contributed by atoms with E-state index < -0.39 is 0 Å². The topological polar surface area (TPSA) is 24.7 Å². The fourth-order valence-electron chi connectivity index (χ4n) is 0.301. The van der Waals surface area contributed by atoms with Gasteiger partial charge in [-0.05, 0) is 13.3 Å². The van der Waals surface area contributed by atoms with Crippen molar-refractivity contribution in [1.29, 1.82) is 0 Å². The monoisotopic (exact) mass is 112 g/mol. The van der Waals surface area contributed by atoms with Crippen LogP contribution in [0, 0.1) is 0 Å². The molecule has 0 unspecified atom stereocenters. The zero-order valence-electron chi connectivity index (χ0n) is 5.46. The smallest absolute Gasteiger partial charge is 0.0270 e. The van der Waals surface area contributed by atoms with E-state index in [1.54, 1.807) is 6.21 Å². The number of hydrogen-bond donors (Lipinski definition) is 0. The van der Waals surface area contributed by atoms with Crippen LogP contribution in [0.4, 0.5) is 0 Å². The first kappa shape index (κ1) is 7.34. The lowest BCUT2D eigenvalue weighted by molar-refractivity contribution is 1.00. The molecule has 0 heterocycles. The molecule has 0 bridgehead atoms. The Labute approximate surface area is 50.3 Å². The molecule has 0 aliphatic carbocycles. The second-order valence-corrected chi connectivity index (χ2v) is 1.46. The van der Waals surface area contributed by atoms with Crippen LogP contribution in [0.25, 0.3) is 0 Å². The highest BCUT2D eigenvalue weighted by molar-refractivity contribution is 5.59. The molecule has 0 aromatic carbocycles. The molecule has 0 saturated carbocycles. The van der Waals surface area contributed by atoms with Crippen LogP contribution in [-0.2, 0) is 0 Å². The van der Waals surface area contributed by atoms with Crippen molar-refractivity contribution in [2.75, 3.05) is 0 Å². The number of hydrogen-bond acceptors (Lipinski definition) is 2. The summed E-state index contributed by atoms with van der Waals surface area (Å²) in [6, 6.07) is 0. The van der Waals surface area contributed by atoms with Gasteiger partial charge in [-0.25, -0.2) is 0 Å². The van der Waals surface area contributed by atoms with Gasteiger partial charge < -0.3 is 0 Å². The Morgan fingerprint density at radius 3 is 2.62 bits per heavy atom. The third kappa shape index (κ3) is 5.34. The summed E-state index contributed by atoms with van der Waals surface area (Å²) in [6.07, 6.45) is 5.66. The van der Waals surface area contributed by atoms with Crippen LogP contribution in [0.5, 0.6) is 0 Å². The van der Waals surface area contributed by atoms with E-state index in [2.05, 4.69) is 17.1 Å². The number of unbranched alkanes of at least 4 members (excludes halogenated alkanes) is 1.